The third-order valence-electron chi connectivity index (χ3n) is 4.50. The summed E-state index contributed by atoms with van der Waals surface area (Å²) in [6, 6.07) is 10.2. The van der Waals surface area contributed by atoms with Crippen LogP contribution in [0.2, 0.25) is 0 Å². The molecule has 0 spiro atoms. The van der Waals surface area contributed by atoms with Gasteiger partial charge in [0.2, 0.25) is 0 Å². The van der Waals surface area contributed by atoms with Gasteiger partial charge in [0, 0.05) is 12.1 Å². The van der Waals surface area contributed by atoms with E-state index in [4.69, 9.17) is 4.74 Å². The zero-order valence-electron chi connectivity index (χ0n) is 17.0. The summed E-state index contributed by atoms with van der Waals surface area (Å²) in [7, 11) is 4.17. The van der Waals surface area contributed by atoms with Gasteiger partial charge >= 0.3 is 0 Å². The van der Waals surface area contributed by atoms with Crippen LogP contribution in [0.1, 0.15) is 51.2 Å². The summed E-state index contributed by atoms with van der Waals surface area (Å²) in [6.45, 7) is 7.53. The van der Waals surface area contributed by atoms with Crippen LogP contribution < -0.4 is 4.74 Å². The van der Waals surface area contributed by atoms with Crippen molar-refractivity contribution in [3.8, 4) is 17.0 Å². The van der Waals surface area contributed by atoms with Gasteiger partial charge in [-0.25, -0.2) is 4.98 Å². The van der Waals surface area contributed by atoms with Gasteiger partial charge in [0.05, 0.1) is 11.9 Å². The van der Waals surface area contributed by atoms with E-state index in [9.17, 15) is 0 Å². The van der Waals surface area contributed by atoms with E-state index in [0.717, 1.165) is 37.3 Å². The molecule has 1 atom stereocenters. The molecule has 0 bridgehead atoms. The van der Waals surface area contributed by atoms with E-state index in [0.29, 0.717) is 0 Å². The fraction of sp³-hybridized carbons (Fsp3) is 0.522. The lowest BCUT2D eigenvalue weighted by Gasteiger charge is -2.23. The Morgan fingerprint density at radius 1 is 1.08 bits per heavy atom. The SMILES string of the molecule is CCCCc1c(-c2ccc[c]n2)ccc(OC(C)CN(C)C)c1CCC. The summed E-state index contributed by atoms with van der Waals surface area (Å²) in [5.74, 6) is 1.04. The molecule has 0 aliphatic heterocycles. The Kier molecular flexibility index (Phi) is 8.11. The molecule has 1 aromatic heterocycles. The molecule has 0 fully saturated rings. The molecule has 3 heteroatoms. The van der Waals surface area contributed by atoms with Gasteiger partial charge in [0.25, 0.3) is 0 Å². The molecular formula is C23H33N2O. The van der Waals surface area contributed by atoms with Crippen molar-refractivity contribution in [2.45, 2.75) is 59.0 Å². The second-order valence-electron chi connectivity index (χ2n) is 7.26. The number of likely N-dealkylation sites (N-methyl/N-ethyl adjacent to an activating group) is 1. The van der Waals surface area contributed by atoms with Crippen molar-refractivity contribution < 1.29 is 4.74 Å². The van der Waals surface area contributed by atoms with E-state index < -0.39 is 0 Å². The number of pyridine rings is 1. The first kappa shape index (κ1) is 20.4. The molecule has 0 aliphatic rings. The Morgan fingerprint density at radius 2 is 1.88 bits per heavy atom. The van der Waals surface area contributed by atoms with Gasteiger partial charge in [-0.2, -0.15) is 0 Å². The Balaban J connectivity index is 2.46. The Labute approximate surface area is 159 Å². The summed E-state index contributed by atoms with van der Waals surface area (Å²) in [6.07, 6.45) is 8.70. The van der Waals surface area contributed by atoms with Crippen LogP contribution in [0.15, 0.2) is 30.3 Å². The average molecular weight is 354 g/mol. The summed E-state index contributed by atoms with van der Waals surface area (Å²) in [4.78, 5) is 6.64. The van der Waals surface area contributed by atoms with Crippen molar-refractivity contribution in [3.05, 3.63) is 47.7 Å². The summed E-state index contributed by atoms with van der Waals surface area (Å²) < 4.78 is 6.35. The number of hydrogen-bond acceptors (Lipinski definition) is 3. The van der Waals surface area contributed by atoms with Gasteiger partial charge in [0.1, 0.15) is 11.9 Å². The number of hydrogen-bond donors (Lipinski definition) is 0. The van der Waals surface area contributed by atoms with Crippen LogP contribution in [0, 0.1) is 6.20 Å². The molecule has 0 saturated heterocycles. The fourth-order valence-electron chi connectivity index (χ4n) is 3.43. The van der Waals surface area contributed by atoms with Crippen LogP contribution in [0.25, 0.3) is 11.3 Å². The molecule has 0 amide bonds. The third-order valence-corrected chi connectivity index (χ3v) is 4.50. The zero-order valence-corrected chi connectivity index (χ0v) is 17.0. The molecule has 0 aliphatic carbocycles. The normalized spacial score (nSPS) is 12.4. The molecule has 1 aromatic carbocycles. The molecule has 0 saturated carbocycles. The number of nitrogens with zero attached hydrogens (tertiary/aromatic N) is 2. The van der Waals surface area contributed by atoms with Gasteiger partial charge in [0.15, 0.2) is 0 Å². The van der Waals surface area contributed by atoms with Crippen LogP contribution >= 0.6 is 0 Å². The Bertz CT molecular complexity index is 667. The number of benzene rings is 1. The number of ether oxygens (including phenoxy) is 1. The van der Waals surface area contributed by atoms with E-state index >= 15 is 0 Å². The maximum Gasteiger partial charge on any atom is 0.123 e. The van der Waals surface area contributed by atoms with E-state index in [1.807, 2.05) is 12.1 Å². The lowest BCUT2D eigenvalue weighted by atomic mass is 9.91. The average Bonchev–Trinajstić information content (AvgIpc) is 2.62. The van der Waals surface area contributed by atoms with Gasteiger partial charge in [-0.3, -0.25) is 0 Å². The quantitative estimate of drug-likeness (QED) is 0.589. The number of aromatic nitrogens is 1. The van der Waals surface area contributed by atoms with Crippen molar-refractivity contribution in [2.75, 3.05) is 20.6 Å². The highest BCUT2D eigenvalue weighted by Crippen LogP contribution is 2.34. The molecule has 2 aromatic rings. The van der Waals surface area contributed by atoms with Crippen LogP contribution in [0.4, 0.5) is 0 Å². The standard InChI is InChI=1S/C23H33N2O/c1-6-8-12-19-20(22-13-9-10-16-24-22)14-15-23(21(19)11-7-2)26-18(3)17-25(4)5/h9-10,13-15,18H,6-8,11-12,17H2,1-5H3. The molecule has 1 heterocycles. The summed E-state index contributed by atoms with van der Waals surface area (Å²) >= 11 is 0. The Hall–Kier alpha value is -1.87. The maximum atomic E-state index is 6.35. The third kappa shape index (κ3) is 5.57. The van der Waals surface area contributed by atoms with Crippen molar-refractivity contribution in [1.29, 1.82) is 0 Å². The van der Waals surface area contributed by atoms with Crippen molar-refractivity contribution in [2.24, 2.45) is 0 Å². The molecule has 1 unspecified atom stereocenters. The highest BCUT2D eigenvalue weighted by Gasteiger charge is 2.17. The van der Waals surface area contributed by atoms with E-state index in [2.05, 4.69) is 69.1 Å². The van der Waals surface area contributed by atoms with Crippen molar-refractivity contribution in [1.82, 2.24) is 9.88 Å². The van der Waals surface area contributed by atoms with Crippen LogP contribution in [-0.4, -0.2) is 36.6 Å². The first-order chi connectivity index (χ1) is 12.6. The summed E-state index contributed by atoms with van der Waals surface area (Å²) in [5, 5.41) is 0. The minimum atomic E-state index is 0.161. The monoisotopic (exact) mass is 353 g/mol. The van der Waals surface area contributed by atoms with Crippen molar-refractivity contribution in [3.63, 3.8) is 0 Å². The van der Waals surface area contributed by atoms with Gasteiger partial charge in [-0.15, -0.1) is 0 Å². The van der Waals surface area contributed by atoms with Crippen LogP contribution in [-0.2, 0) is 12.8 Å². The largest absolute Gasteiger partial charge is 0.489 e. The molecule has 2 rings (SSSR count). The molecular weight excluding hydrogens is 320 g/mol. The lowest BCUT2D eigenvalue weighted by molar-refractivity contribution is 0.175. The van der Waals surface area contributed by atoms with Gasteiger partial charge in [-0.05, 0) is 75.7 Å². The maximum absolute atomic E-state index is 6.35. The minimum Gasteiger partial charge on any atom is -0.489 e. The van der Waals surface area contributed by atoms with Crippen LogP contribution in [0.5, 0.6) is 5.75 Å². The smallest absolute Gasteiger partial charge is 0.123 e. The lowest BCUT2D eigenvalue weighted by Crippen LogP contribution is -2.28. The zero-order chi connectivity index (χ0) is 18.9. The predicted octanol–water partition coefficient (Wildman–Crippen LogP) is 5.17. The minimum absolute atomic E-state index is 0.161. The first-order valence-corrected chi connectivity index (χ1v) is 9.86. The summed E-state index contributed by atoms with van der Waals surface area (Å²) in [5.41, 5.74) is 4.99. The van der Waals surface area contributed by atoms with Gasteiger partial charge < -0.3 is 9.64 Å². The molecule has 26 heavy (non-hydrogen) atoms. The molecule has 3 nitrogen and oxygen atoms in total. The molecule has 141 valence electrons. The van der Waals surface area contributed by atoms with Gasteiger partial charge in [-0.1, -0.05) is 32.8 Å². The second-order valence-corrected chi connectivity index (χ2v) is 7.26. The molecule has 0 N–H and O–H groups in total. The highest BCUT2D eigenvalue weighted by molar-refractivity contribution is 5.67. The first-order valence-electron chi connectivity index (χ1n) is 9.86. The van der Waals surface area contributed by atoms with Crippen molar-refractivity contribution >= 4 is 0 Å². The number of rotatable bonds is 10. The fourth-order valence-corrected chi connectivity index (χ4v) is 3.43. The van der Waals surface area contributed by atoms with E-state index in [1.54, 1.807) is 0 Å². The predicted molar refractivity (Wildman–Crippen MR) is 110 cm³/mol. The Morgan fingerprint density at radius 3 is 2.50 bits per heavy atom. The number of unbranched alkanes of at least 4 members (excludes halogenated alkanes) is 1. The van der Waals surface area contributed by atoms with E-state index in [1.165, 1.54) is 29.5 Å². The van der Waals surface area contributed by atoms with E-state index in [-0.39, 0.29) is 6.10 Å². The van der Waals surface area contributed by atoms with Crippen LogP contribution in [0.3, 0.4) is 0 Å². The molecule has 1 radical (unpaired) electrons. The topological polar surface area (TPSA) is 25.4 Å². The highest BCUT2D eigenvalue weighted by atomic mass is 16.5. The second kappa shape index (κ2) is 10.3.